The lowest BCUT2D eigenvalue weighted by Crippen LogP contribution is -2.44. The number of amides is 2. The fourth-order valence-electron chi connectivity index (χ4n) is 3.98. The Morgan fingerprint density at radius 1 is 1.12 bits per heavy atom. The monoisotopic (exact) mass is 344 g/mol. The summed E-state index contributed by atoms with van der Waals surface area (Å²) in [6.07, 6.45) is 0.569. The van der Waals surface area contributed by atoms with Crippen LogP contribution in [0.3, 0.4) is 0 Å². The molecule has 0 spiro atoms. The predicted molar refractivity (Wildman–Crippen MR) is 83.6 cm³/mol. The van der Waals surface area contributed by atoms with Crippen LogP contribution in [0.5, 0.6) is 0 Å². The number of fused-ring (bicyclic) bond motifs is 1. The summed E-state index contributed by atoms with van der Waals surface area (Å²) in [5.74, 6) is -1.31. The first-order valence-electron chi connectivity index (χ1n) is 8.70. The molecular formula is C17H26F2N2O3. The molecule has 2 unspecified atom stereocenters. The summed E-state index contributed by atoms with van der Waals surface area (Å²) in [4.78, 5) is 25.9. The van der Waals surface area contributed by atoms with E-state index in [0.29, 0.717) is 0 Å². The van der Waals surface area contributed by atoms with Crippen molar-refractivity contribution in [1.82, 2.24) is 10.2 Å². The quantitative estimate of drug-likeness (QED) is 0.801. The van der Waals surface area contributed by atoms with Crippen LogP contribution in [0, 0.1) is 23.7 Å². The van der Waals surface area contributed by atoms with E-state index in [1.54, 1.807) is 20.8 Å². The third-order valence-corrected chi connectivity index (χ3v) is 5.26. The number of hydrogen-bond acceptors (Lipinski definition) is 3. The second kappa shape index (κ2) is 6.15. The average molecular weight is 344 g/mol. The Morgan fingerprint density at radius 2 is 1.75 bits per heavy atom. The number of nitrogens with zero attached hydrogens (tertiary/aromatic N) is 1. The molecule has 5 nitrogen and oxygen atoms in total. The van der Waals surface area contributed by atoms with Crippen LogP contribution in [0.15, 0.2) is 0 Å². The molecule has 2 aliphatic carbocycles. The van der Waals surface area contributed by atoms with Crippen molar-refractivity contribution >= 4 is 12.0 Å². The second-order valence-electron chi connectivity index (χ2n) is 8.42. The van der Waals surface area contributed by atoms with Gasteiger partial charge in [-0.2, -0.15) is 0 Å². The van der Waals surface area contributed by atoms with E-state index < -0.39 is 29.8 Å². The predicted octanol–water partition coefficient (Wildman–Crippen LogP) is 2.65. The van der Waals surface area contributed by atoms with Crippen LogP contribution in [0.2, 0.25) is 0 Å². The maximum atomic E-state index is 13.3. The Bertz CT molecular complexity index is 510. The number of rotatable bonds is 3. The second-order valence-corrected chi connectivity index (χ2v) is 8.42. The number of esters is 1. The zero-order chi connectivity index (χ0) is 17.6. The van der Waals surface area contributed by atoms with Crippen molar-refractivity contribution < 1.29 is 23.1 Å². The van der Waals surface area contributed by atoms with Crippen molar-refractivity contribution in [2.24, 2.45) is 23.7 Å². The van der Waals surface area contributed by atoms with Gasteiger partial charge in [-0.3, -0.25) is 4.79 Å². The molecule has 24 heavy (non-hydrogen) atoms. The minimum atomic E-state index is -2.65. The third kappa shape index (κ3) is 3.81. The van der Waals surface area contributed by atoms with Gasteiger partial charge in [0.15, 0.2) is 0 Å². The molecule has 1 N–H and O–H groups in total. The molecular weight excluding hydrogens is 318 g/mol. The molecule has 3 rings (SSSR count). The Morgan fingerprint density at radius 3 is 2.29 bits per heavy atom. The van der Waals surface area contributed by atoms with Crippen LogP contribution >= 0.6 is 0 Å². The van der Waals surface area contributed by atoms with Gasteiger partial charge in [0.25, 0.3) is 0 Å². The Labute approximate surface area is 141 Å². The van der Waals surface area contributed by atoms with Crippen molar-refractivity contribution in [1.29, 1.82) is 0 Å². The van der Waals surface area contributed by atoms with Gasteiger partial charge in [-0.25, -0.2) is 13.6 Å². The maximum Gasteiger partial charge on any atom is 0.317 e. The van der Waals surface area contributed by atoms with Crippen molar-refractivity contribution in [3.8, 4) is 0 Å². The molecule has 3 aliphatic rings. The fourth-order valence-corrected chi connectivity index (χ4v) is 3.98. The number of likely N-dealkylation sites (tertiary alicyclic amines) is 1. The third-order valence-electron chi connectivity index (χ3n) is 5.26. The lowest BCUT2D eigenvalue weighted by molar-refractivity contribution is -0.162. The standard InChI is InChI=1S/C17H26F2N2O3/c1-17(2,3)24-15(22)13-8-21(7-12(13)14(18)19)16(23)20-11-5-9-4-10(9)6-11/h9-14H,4-8H2,1-3H3,(H,20,23)/t9?,10?,11?,12-,13-/m1/s1. The molecule has 2 saturated carbocycles. The molecule has 0 radical (unpaired) electrons. The van der Waals surface area contributed by atoms with Gasteiger partial charge < -0.3 is 15.0 Å². The Hall–Kier alpha value is -1.40. The number of hydrogen-bond donors (Lipinski definition) is 1. The zero-order valence-electron chi connectivity index (χ0n) is 14.4. The highest BCUT2D eigenvalue weighted by atomic mass is 19.3. The van der Waals surface area contributed by atoms with E-state index in [9.17, 15) is 18.4 Å². The summed E-state index contributed by atoms with van der Waals surface area (Å²) in [6.45, 7) is 5.00. The van der Waals surface area contributed by atoms with E-state index in [4.69, 9.17) is 4.74 Å². The molecule has 136 valence electrons. The first-order valence-corrected chi connectivity index (χ1v) is 8.70. The summed E-state index contributed by atoms with van der Waals surface area (Å²) >= 11 is 0. The molecule has 1 aliphatic heterocycles. The first-order chi connectivity index (χ1) is 11.1. The summed E-state index contributed by atoms with van der Waals surface area (Å²) in [6, 6.07) is -0.190. The van der Waals surface area contributed by atoms with Gasteiger partial charge in [-0.15, -0.1) is 0 Å². The topological polar surface area (TPSA) is 58.6 Å². The van der Waals surface area contributed by atoms with Crippen molar-refractivity contribution in [2.45, 2.75) is 58.1 Å². The SMILES string of the molecule is CC(C)(C)OC(=O)[C@@H]1CN(C(=O)NC2CC3CC3C2)C[C@H]1C(F)F. The van der Waals surface area contributed by atoms with Crippen molar-refractivity contribution in [2.75, 3.05) is 13.1 Å². The molecule has 2 amide bonds. The average Bonchev–Trinajstić information content (AvgIpc) is 2.88. The lowest BCUT2D eigenvalue weighted by atomic mass is 9.96. The van der Waals surface area contributed by atoms with Gasteiger partial charge >= 0.3 is 12.0 Å². The highest BCUT2D eigenvalue weighted by Crippen LogP contribution is 2.51. The molecule has 0 aromatic heterocycles. The molecule has 0 aromatic rings. The van der Waals surface area contributed by atoms with Crippen LogP contribution in [-0.4, -0.2) is 48.1 Å². The van der Waals surface area contributed by atoms with Crippen LogP contribution in [0.4, 0.5) is 13.6 Å². The van der Waals surface area contributed by atoms with Gasteiger partial charge in [0.1, 0.15) is 5.60 Å². The summed E-state index contributed by atoms with van der Waals surface area (Å²) in [7, 11) is 0. The maximum absolute atomic E-state index is 13.3. The highest BCUT2D eigenvalue weighted by Gasteiger charge is 2.48. The minimum Gasteiger partial charge on any atom is -0.460 e. The van der Waals surface area contributed by atoms with E-state index in [-0.39, 0.29) is 25.2 Å². The molecule has 3 fully saturated rings. The molecule has 1 saturated heterocycles. The zero-order valence-corrected chi connectivity index (χ0v) is 14.4. The number of ether oxygens (including phenoxy) is 1. The number of carbonyl (C=O) groups is 2. The fraction of sp³-hybridized carbons (Fsp3) is 0.882. The number of carbonyl (C=O) groups excluding carboxylic acids is 2. The molecule has 4 atom stereocenters. The van der Waals surface area contributed by atoms with E-state index >= 15 is 0 Å². The Kier molecular flexibility index (Phi) is 4.47. The van der Waals surface area contributed by atoms with E-state index in [1.807, 2.05) is 0 Å². The normalized spacial score (nSPS) is 35.1. The number of urea groups is 1. The largest absolute Gasteiger partial charge is 0.460 e. The molecule has 7 heteroatoms. The summed E-state index contributed by atoms with van der Waals surface area (Å²) in [5, 5.41) is 2.94. The summed E-state index contributed by atoms with van der Waals surface area (Å²) in [5.41, 5.74) is -0.732. The molecule has 0 aromatic carbocycles. The minimum absolute atomic E-state index is 0.00463. The van der Waals surface area contributed by atoms with Crippen LogP contribution in [0.25, 0.3) is 0 Å². The van der Waals surface area contributed by atoms with Gasteiger partial charge in [-0.05, 0) is 51.9 Å². The van der Waals surface area contributed by atoms with Gasteiger partial charge in [0, 0.05) is 19.1 Å². The van der Waals surface area contributed by atoms with Gasteiger partial charge in [-0.1, -0.05) is 0 Å². The Balaban J connectivity index is 1.59. The van der Waals surface area contributed by atoms with Gasteiger partial charge in [0.2, 0.25) is 6.43 Å². The first kappa shape index (κ1) is 17.4. The van der Waals surface area contributed by atoms with E-state index in [1.165, 1.54) is 11.3 Å². The van der Waals surface area contributed by atoms with Crippen molar-refractivity contribution in [3.63, 3.8) is 0 Å². The lowest BCUT2D eigenvalue weighted by Gasteiger charge is -2.24. The number of alkyl halides is 2. The van der Waals surface area contributed by atoms with E-state index in [2.05, 4.69) is 5.32 Å². The van der Waals surface area contributed by atoms with Crippen LogP contribution < -0.4 is 5.32 Å². The van der Waals surface area contributed by atoms with Gasteiger partial charge in [0.05, 0.1) is 11.8 Å². The number of halogens is 2. The molecule has 0 bridgehead atoms. The summed E-state index contributed by atoms with van der Waals surface area (Å²) < 4.78 is 31.9. The molecule has 1 heterocycles. The smallest absolute Gasteiger partial charge is 0.317 e. The van der Waals surface area contributed by atoms with Crippen LogP contribution in [0.1, 0.15) is 40.0 Å². The van der Waals surface area contributed by atoms with Crippen LogP contribution in [-0.2, 0) is 9.53 Å². The van der Waals surface area contributed by atoms with Crippen molar-refractivity contribution in [3.05, 3.63) is 0 Å². The van der Waals surface area contributed by atoms with E-state index in [0.717, 1.165) is 24.7 Å². The number of nitrogens with one attached hydrogen (secondary N) is 1. The highest BCUT2D eigenvalue weighted by molar-refractivity contribution is 5.79.